The summed E-state index contributed by atoms with van der Waals surface area (Å²) in [5.41, 5.74) is 0. The summed E-state index contributed by atoms with van der Waals surface area (Å²) in [4.78, 5) is 5.26. The van der Waals surface area contributed by atoms with Crippen LogP contribution in [0.2, 0.25) is 5.02 Å². The highest BCUT2D eigenvalue weighted by Gasteiger charge is 1.95. The number of halogens is 1. The predicted molar refractivity (Wildman–Crippen MR) is 65.2 cm³/mol. The fraction of sp³-hybridized carbons (Fsp3) is 0. The summed E-state index contributed by atoms with van der Waals surface area (Å²) in [5, 5.41) is 0.747. The molecule has 0 atom stereocenters. The lowest BCUT2D eigenvalue weighted by molar-refractivity contribution is 1.33. The van der Waals surface area contributed by atoms with Crippen molar-refractivity contribution in [3.8, 4) is 0 Å². The van der Waals surface area contributed by atoms with Crippen LogP contribution in [0.4, 0.5) is 5.82 Å². The number of nitrogens with zero attached hydrogens (tertiary/aromatic N) is 1. The van der Waals surface area contributed by atoms with E-state index in [0.717, 1.165) is 15.7 Å². The largest absolute Gasteiger partial charge is 0.310 e. The first-order chi connectivity index (χ1) is 7.34. The van der Waals surface area contributed by atoms with E-state index in [0.29, 0.717) is 0 Å². The molecule has 0 spiro atoms. The van der Waals surface area contributed by atoms with Crippen LogP contribution in [0.25, 0.3) is 0 Å². The fourth-order valence-corrected chi connectivity index (χ4v) is 1.78. The first-order valence-electron chi connectivity index (χ1n) is 4.44. The molecule has 0 fully saturated rings. The van der Waals surface area contributed by atoms with Crippen molar-refractivity contribution in [1.82, 2.24) is 4.98 Å². The van der Waals surface area contributed by atoms with Crippen LogP contribution in [0.3, 0.4) is 0 Å². The Labute approximate surface area is 97.8 Å². The second-order valence-electron chi connectivity index (χ2n) is 2.87. The quantitative estimate of drug-likeness (QED) is 0.820. The zero-order chi connectivity index (χ0) is 10.5. The van der Waals surface area contributed by atoms with Gasteiger partial charge in [-0.25, -0.2) is 4.98 Å². The van der Waals surface area contributed by atoms with E-state index in [-0.39, 0.29) is 0 Å². The van der Waals surface area contributed by atoms with Gasteiger partial charge in [-0.05, 0) is 48.3 Å². The van der Waals surface area contributed by atoms with Crippen molar-refractivity contribution in [3.05, 3.63) is 53.7 Å². The first kappa shape index (κ1) is 10.3. The van der Waals surface area contributed by atoms with Crippen LogP contribution in [-0.2, 0) is 0 Å². The summed E-state index contributed by atoms with van der Waals surface area (Å²) < 4.78 is 3.14. The normalized spacial score (nSPS) is 9.93. The lowest BCUT2D eigenvalue weighted by atomic mass is 10.4. The Morgan fingerprint density at radius 1 is 1.07 bits per heavy atom. The zero-order valence-electron chi connectivity index (χ0n) is 7.85. The Kier molecular flexibility index (Phi) is 3.48. The van der Waals surface area contributed by atoms with Gasteiger partial charge in [0.2, 0.25) is 0 Å². The molecule has 0 radical (unpaired) electrons. The Hall–Kier alpha value is -1.19. The van der Waals surface area contributed by atoms with Crippen LogP contribution in [0.5, 0.6) is 0 Å². The van der Waals surface area contributed by atoms with Gasteiger partial charge in [-0.1, -0.05) is 17.7 Å². The van der Waals surface area contributed by atoms with Crippen molar-refractivity contribution in [1.29, 1.82) is 0 Å². The molecule has 2 nitrogen and oxygen atoms in total. The third-order valence-corrected chi connectivity index (χ3v) is 2.82. The van der Waals surface area contributed by atoms with Gasteiger partial charge in [0.05, 0.1) is 0 Å². The minimum atomic E-state index is 0.747. The molecule has 0 unspecified atom stereocenters. The molecule has 0 bridgehead atoms. The van der Waals surface area contributed by atoms with Crippen LogP contribution >= 0.6 is 23.5 Å². The molecule has 0 saturated heterocycles. The van der Waals surface area contributed by atoms with Gasteiger partial charge in [-0.15, -0.1) is 0 Å². The molecule has 1 aromatic carbocycles. The predicted octanol–water partition coefficient (Wildman–Crippen LogP) is 3.85. The third kappa shape index (κ3) is 3.15. The highest BCUT2D eigenvalue weighted by atomic mass is 35.5. The van der Waals surface area contributed by atoms with E-state index >= 15 is 0 Å². The maximum absolute atomic E-state index is 5.79. The molecule has 0 amide bonds. The van der Waals surface area contributed by atoms with E-state index in [1.54, 1.807) is 6.20 Å². The average Bonchev–Trinajstić information content (AvgIpc) is 2.30. The minimum Gasteiger partial charge on any atom is -0.310 e. The Morgan fingerprint density at radius 2 is 1.87 bits per heavy atom. The number of rotatable bonds is 3. The lowest BCUT2D eigenvalue weighted by Gasteiger charge is -2.03. The fourth-order valence-electron chi connectivity index (χ4n) is 1.04. The second-order valence-corrected chi connectivity index (χ2v) is 4.19. The maximum atomic E-state index is 5.79. The monoisotopic (exact) mass is 236 g/mol. The zero-order valence-corrected chi connectivity index (χ0v) is 9.42. The molecule has 1 heterocycles. The van der Waals surface area contributed by atoms with Crippen molar-refractivity contribution in [2.24, 2.45) is 0 Å². The van der Waals surface area contributed by atoms with E-state index < -0.39 is 0 Å². The summed E-state index contributed by atoms with van der Waals surface area (Å²) in [7, 11) is 0. The van der Waals surface area contributed by atoms with Gasteiger partial charge < -0.3 is 4.72 Å². The van der Waals surface area contributed by atoms with Crippen LogP contribution in [-0.4, -0.2) is 4.98 Å². The van der Waals surface area contributed by atoms with E-state index in [9.17, 15) is 0 Å². The highest BCUT2D eigenvalue weighted by molar-refractivity contribution is 8.00. The molecular formula is C11H9ClN2S. The molecule has 2 aromatic rings. The highest BCUT2D eigenvalue weighted by Crippen LogP contribution is 2.21. The number of hydrogen-bond donors (Lipinski definition) is 1. The average molecular weight is 237 g/mol. The first-order valence-corrected chi connectivity index (χ1v) is 5.63. The second kappa shape index (κ2) is 5.05. The van der Waals surface area contributed by atoms with Crippen LogP contribution in [0, 0.1) is 0 Å². The van der Waals surface area contributed by atoms with Gasteiger partial charge in [0, 0.05) is 16.1 Å². The van der Waals surface area contributed by atoms with Gasteiger partial charge in [0.25, 0.3) is 0 Å². The van der Waals surface area contributed by atoms with E-state index in [1.807, 2.05) is 42.5 Å². The topological polar surface area (TPSA) is 24.9 Å². The molecule has 15 heavy (non-hydrogen) atoms. The minimum absolute atomic E-state index is 0.747. The smallest absolute Gasteiger partial charge is 0.136 e. The molecule has 0 saturated carbocycles. The third-order valence-electron chi connectivity index (χ3n) is 1.75. The SMILES string of the molecule is Clc1ccc(SNc2ccccn2)cc1. The van der Waals surface area contributed by atoms with Crippen molar-refractivity contribution >= 4 is 29.4 Å². The Morgan fingerprint density at radius 3 is 2.53 bits per heavy atom. The van der Waals surface area contributed by atoms with Crippen molar-refractivity contribution in [2.45, 2.75) is 4.90 Å². The summed E-state index contributed by atoms with van der Waals surface area (Å²) >= 11 is 7.30. The number of hydrogen-bond acceptors (Lipinski definition) is 3. The number of anilines is 1. The number of nitrogens with one attached hydrogen (secondary N) is 1. The van der Waals surface area contributed by atoms with Crippen molar-refractivity contribution < 1.29 is 0 Å². The van der Waals surface area contributed by atoms with Gasteiger partial charge in [0.15, 0.2) is 0 Å². The number of benzene rings is 1. The molecule has 0 aliphatic heterocycles. The van der Waals surface area contributed by atoms with E-state index in [4.69, 9.17) is 11.6 Å². The molecule has 1 N–H and O–H groups in total. The Bertz CT molecular complexity index is 416. The van der Waals surface area contributed by atoms with Crippen LogP contribution < -0.4 is 4.72 Å². The summed E-state index contributed by atoms with van der Waals surface area (Å²) in [6.07, 6.45) is 1.75. The maximum Gasteiger partial charge on any atom is 0.136 e. The van der Waals surface area contributed by atoms with E-state index in [1.165, 1.54) is 11.9 Å². The summed E-state index contributed by atoms with van der Waals surface area (Å²) in [5.74, 6) is 0.845. The molecule has 76 valence electrons. The van der Waals surface area contributed by atoms with Gasteiger partial charge >= 0.3 is 0 Å². The number of aromatic nitrogens is 1. The van der Waals surface area contributed by atoms with Crippen molar-refractivity contribution in [2.75, 3.05) is 4.72 Å². The molecule has 2 rings (SSSR count). The van der Waals surface area contributed by atoms with Gasteiger partial charge in [-0.3, -0.25) is 0 Å². The molecule has 1 aromatic heterocycles. The van der Waals surface area contributed by atoms with Gasteiger partial charge in [-0.2, -0.15) is 0 Å². The summed E-state index contributed by atoms with van der Waals surface area (Å²) in [6, 6.07) is 13.4. The van der Waals surface area contributed by atoms with Crippen LogP contribution in [0.15, 0.2) is 53.6 Å². The molecule has 0 aliphatic carbocycles. The number of pyridine rings is 1. The molecule has 0 aliphatic rings. The van der Waals surface area contributed by atoms with Crippen molar-refractivity contribution in [3.63, 3.8) is 0 Å². The lowest BCUT2D eigenvalue weighted by Crippen LogP contribution is -1.88. The van der Waals surface area contributed by atoms with Gasteiger partial charge in [0.1, 0.15) is 5.82 Å². The molecule has 4 heteroatoms. The van der Waals surface area contributed by atoms with E-state index in [2.05, 4.69) is 9.71 Å². The van der Waals surface area contributed by atoms with Crippen LogP contribution in [0.1, 0.15) is 0 Å². The Balaban J connectivity index is 1.96. The standard InChI is InChI=1S/C11H9ClN2S/c12-9-4-6-10(7-5-9)15-14-11-3-1-2-8-13-11/h1-8H,(H,13,14). The molecular weight excluding hydrogens is 228 g/mol. The summed E-state index contributed by atoms with van der Waals surface area (Å²) in [6.45, 7) is 0.